The lowest BCUT2D eigenvalue weighted by Crippen LogP contribution is -2.36. The van der Waals surface area contributed by atoms with E-state index in [9.17, 15) is 15.1 Å². The van der Waals surface area contributed by atoms with Crippen molar-refractivity contribution >= 4 is 28.9 Å². The maximum Gasteiger partial charge on any atom is 0.261 e. The van der Waals surface area contributed by atoms with Gasteiger partial charge in [-0.25, -0.2) is 0 Å². The van der Waals surface area contributed by atoms with Crippen LogP contribution < -0.4 is 5.32 Å². The van der Waals surface area contributed by atoms with Crippen molar-refractivity contribution in [3.8, 4) is 0 Å². The van der Waals surface area contributed by atoms with E-state index < -0.39 is 11.5 Å². The molecule has 1 heterocycles. The lowest BCUT2D eigenvalue weighted by Gasteiger charge is -2.21. The molecule has 112 valence electrons. The van der Waals surface area contributed by atoms with Crippen LogP contribution >= 0.6 is 11.6 Å². The van der Waals surface area contributed by atoms with Crippen molar-refractivity contribution in [2.24, 2.45) is 5.16 Å². The normalized spacial score (nSPS) is 20.6. The van der Waals surface area contributed by atoms with E-state index in [-0.39, 0.29) is 12.1 Å². The second-order valence-corrected chi connectivity index (χ2v) is 5.53. The third kappa shape index (κ3) is 2.34. The molecule has 0 fully saturated rings. The van der Waals surface area contributed by atoms with Crippen LogP contribution in [0.25, 0.3) is 0 Å². The standard InChI is InChI=1S/C16H13ClN2O3/c17-11-7-5-10(6-8-11)14(19-22)9-16(21)12-3-1-2-4-13(12)18-15(16)20/h1-8,21-22H,9H2,(H,18,20)/b19-14+/t16-/m1/s1. The molecule has 0 saturated carbocycles. The van der Waals surface area contributed by atoms with Gasteiger partial charge in [-0.15, -0.1) is 0 Å². The van der Waals surface area contributed by atoms with Crippen LogP contribution in [0.15, 0.2) is 53.7 Å². The van der Waals surface area contributed by atoms with E-state index >= 15 is 0 Å². The smallest absolute Gasteiger partial charge is 0.261 e. The zero-order chi connectivity index (χ0) is 15.7. The van der Waals surface area contributed by atoms with E-state index in [0.29, 0.717) is 21.8 Å². The SMILES string of the molecule is O=C1Nc2ccccc2[C@]1(O)C/C(=N\O)c1ccc(Cl)cc1. The highest BCUT2D eigenvalue weighted by molar-refractivity contribution is 6.30. The predicted molar refractivity (Wildman–Crippen MR) is 83.4 cm³/mol. The Hall–Kier alpha value is -2.37. The Morgan fingerprint density at radius 1 is 1.18 bits per heavy atom. The van der Waals surface area contributed by atoms with Gasteiger partial charge in [0.25, 0.3) is 5.91 Å². The van der Waals surface area contributed by atoms with Gasteiger partial charge in [0.1, 0.15) is 0 Å². The van der Waals surface area contributed by atoms with Gasteiger partial charge in [0.15, 0.2) is 5.60 Å². The number of fused-ring (bicyclic) bond motifs is 1. The average Bonchev–Trinajstić information content (AvgIpc) is 2.78. The van der Waals surface area contributed by atoms with Gasteiger partial charge < -0.3 is 15.6 Å². The number of carbonyl (C=O) groups excluding carboxylic acids is 1. The van der Waals surface area contributed by atoms with E-state index in [1.54, 1.807) is 48.5 Å². The summed E-state index contributed by atoms with van der Waals surface area (Å²) in [5, 5.41) is 26.5. The van der Waals surface area contributed by atoms with Crippen LogP contribution in [0.3, 0.4) is 0 Å². The lowest BCUT2D eigenvalue weighted by atomic mass is 9.88. The minimum atomic E-state index is -1.77. The monoisotopic (exact) mass is 316 g/mol. The largest absolute Gasteiger partial charge is 0.411 e. The first-order chi connectivity index (χ1) is 10.5. The van der Waals surface area contributed by atoms with Crippen molar-refractivity contribution in [2.45, 2.75) is 12.0 Å². The Balaban J connectivity index is 1.97. The molecule has 1 atom stereocenters. The molecular weight excluding hydrogens is 304 g/mol. The summed E-state index contributed by atoms with van der Waals surface area (Å²) < 4.78 is 0. The molecule has 6 heteroatoms. The second kappa shape index (κ2) is 5.44. The molecule has 5 nitrogen and oxygen atoms in total. The Morgan fingerprint density at radius 2 is 1.86 bits per heavy atom. The Labute approximate surface area is 131 Å². The summed E-state index contributed by atoms with van der Waals surface area (Å²) in [5.41, 5.74) is 0.0414. The molecule has 0 saturated heterocycles. The van der Waals surface area contributed by atoms with Gasteiger partial charge in [-0.3, -0.25) is 4.79 Å². The zero-order valence-electron chi connectivity index (χ0n) is 11.5. The summed E-state index contributed by atoms with van der Waals surface area (Å²) in [5.74, 6) is -0.538. The lowest BCUT2D eigenvalue weighted by molar-refractivity contribution is -0.132. The van der Waals surface area contributed by atoms with Crippen molar-refractivity contribution in [1.29, 1.82) is 0 Å². The Bertz CT molecular complexity index is 758. The molecule has 2 aromatic carbocycles. The highest BCUT2D eigenvalue weighted by Crippen LogP contribution is 2.38. The molecule has 2 aromatic rings. The number of oxime groups is 1. The van der Waals surface area contributed by atoms with Gasteiger partial charge in [0.05, 0.1) is 5.71 Å². The highest BCUT2D eigenvalue weighted by atomic mass is 35.5. The Morgan fingerprint density at radius 3 is 2.55 bits per heavy atom. The Kier molecular flexibility index (Phi) is 3.60. The summed E-state index contributed by atoms with van der Waals surface area (Å²) in [7, 11) is 0. The summed E-state index contributed by atoms with van der Waals surface area (Å²) >= 11 is 5.83. The van der Waals surface area contributed by atoms with Crippen LogP contribution in [0, 0.1) is 0 Å². The number of aliphatic hydroxyl groups is 1. The molecule has 1 amide bonds. The average molecular weight is 317 g/mol. The van der Waals surface area contributed by atoms with Gasteiger partial charge in [-0.05, 0) is 23.8 Å². The fourth-order valence-corrected chi connectivity index (χ4v) is 2.68. The fraction of sp³-hybridized carbons (Fsp3) is 0.125. The highest BCUT2D eigenvalue weighted by Gasteiger charge is 2.46. The minimum absolute atomic E-state index is 0.145. The number of para-hydroxylation sites is 1. The molecule has 0 unspecified atom stereocenters. The molecule has 0 aliphatic carbocycles. The number of benzene rings is 2. The van der Waals surface area contributed by atoms with Crippen molar-refractivity contribution in [3.63, 3.8) is 0 Å². The first-order valence-corrected chi connectivity index (χ1v) is 7.02. The maximum absolute atomic E-state index is 12.2. The number of anilines is 1. The van der Waals surface area contributed by atoms with Gasteiger partial charge in [-0.1, -0.05) is 47.1 Å². The molecular formula is C16H13ClN2O3. The van der Waals surface area contributed by atoms with E-state index in [0.717, 1.165) is 0 Å². The van der Waals surface area contributed by atoms with E-state index in [1.807, 2.05) is 0 Å². The number of rotatable bonds is 3. The molecule has 0 aromatic heterocycles. The number of carbonyl (C=O) groups is 1. The number of hydrogen-bond donors (Lipinski definition) is 3. The first kappa shape index (κ1) is 14.6. The van der Waals surface area contributed by atoms with Gasteiger partial charge in [-0.2, -0.15) is 0 Å². The molecule has 22 heavy (non-hydrogen) atoms. The molecule has 0 spiro atoms. The van der Waals surface area contributed by atoms with Crippen LogP contribution in [-0.4, -0.2) is 21.9 Å². The predicted octanol–water partition coefficient (Wildman–Crippen LogP) is 2.75. The summed E-state index contributed by atoms with van der Waals surface area (Å²) in [4.78, 5) is 12.2. The third-order valence-corrected chi connectivity index (χ3v) is 3.97. The van der Waals surface area contributed by atoms with E-state index in [4.69, 9.17) is 11.6 Å². The molecule has 3 N–H and O–H groups in total. The quantitative estimate of drug-likeness (QED) is 0.462. The number of halogens is 1. The van der Waals surface area contributed by atoms with Crippen LogP contribution in [0.2, 0.25) is 5.02 Å². The number of hydrogen-bond acceptors (Lipinski definition) is 4. The van der Waals surface area contributed by atoms with Crippen LogP contribution in [0.4, 0.5) is 5.69 Å². The summed E-state index contributed by atoms with van der Waals surface area (Å²) in [6, 6.07) is 13.5. The van der Waals surface area contributed by atoms with Crippen LogP contribution in [0.5, 0.6) is 0 Å². The van der Waals surface area contributed by atoms with Crippen LogP contribution in [0.1, 0.15) is 17.5 Å². The molecule has 0 bridgehead atoms. The molecule has 1 aliphatic heterocycles. The summed E-state index contributed by atoms with van der Waals surface area (Å²) in [6.45, 7) is 0. The van der Waals surface area contributed by atoms with E-state index in [1.165, 1.54) is 0 Å². The van der Waals surface area contributed by atoms with Crippen molar-refractivity contribution in [3.05, 3.63) is 64.7 Å². The molecule has 3 rings (SSSR count). The number of nitrogens with one attached hydrogen (secondary N) is 1. The molecule has 0 radical (unpaired) electrons. The van der Waals surface area contributed by atoms with E-state index in [2.05, 4.69) is 10.5 Å². The van der Waals surface area contributed by atoms with Crippen molar-refractivity contribution in [2.75, 3.05) is 5.32 Å². The van der Waals surface area contributed by atoms with Crippen molar-refractivity contribution in [1.82, 2.24) is 0 Å². The van der Waals surface area contributed by atoms with Crippen LogP contribution in [-0.2, 0) is 10.4 Å². The fourth-order valence-electron chi connectivity index (χ4n) is 2.56. The topological polar surface area (TPSA) is 81.9 Å². The zero-order valence-corrected chi connectivity index (χ0v) is 12.2. The number of nitrogens with zero attached hydrogens (tertiary/aromatic N) is 1. The second-order valence-electron chi connectivity index (χ2n) is 5.09. The minimum Gasteiger partial charge on any atom is -0.411 e. The van der Waals surface area contributed by atoms with Gasteiger partial charge in [0, 0.05) is 22.7 Å². The molecule has 1 aliphatic rings. The van der Waals surface area contributed by atoms with Gasteiger partial charge >= 0.3 is 0 Å². The first-order valence-electron chi connectivity index (χ1n) is 6.65. The van der Waals surface area contributed by atoms with Gasteiger partial charge in [0.2, 0.25) is 0 Å². The maximum atomic E-state index is 12.2. The van der Waals surface area contributed by atoms with Crippen molar-refractivity contribution < 1.29 is 15.1 Å². The third-order valence-electron chi connectivity index (χ3n) is 3.72. The number of amides is 1. The summed E-state index contributed by atoms with van der Waals surface area (Å²) in [6.07, 6.45) is -0.145.